The highest BCUT2D eigenvalue weighted by molar-refractivity contribution is 9.10. The third-order valence-electron chi connectivity index (χ3n) is 3.41. The molecule has 1 aliphatic rings. The molecule has 0 radical (unpaired) electrons. The van der Waals surface area contributed by atoms with Gasteiger partial charge in [-0.15, -0.1) is 0 Å². The quantitative estimate of drug-likeness (QED) is 0.887. The molecule has 0 unspecified atom stereocenters. The van der Waals surface area contributed by atoms with Crippen LogP contribution < -0.4 is 0 Å². The van der Waals surface area contributed by atoms with Gasteiger partial charge in [0.05, 0.1) is 10.8 Å². The number of carbonyl (C=O) groups is 1. The van der Waals surface area contributed by atoms with Crippen molar-refractivity contribution in [1.82, 2.24) is 4.31 Å². The molecule has 0 saturated carbocycles. The number of rotatable bonds is 3. The zero-order chi connectivity index (χ0) is 15.1. The van der Waals surface area contributed by atoms with Gasteiger partial charge in [-0.2, -0.15) is 4.31 Å². The van der Waals surface area contributed by atoms with Crippen LogP contribution in [-0.2, 0) is 14.8 Å². The van der Waals surface area contributed by atoms with Gasteiger partial charge in [0, 0.05) is 17.6 Å². The number of benzene rings is 1. The molecule has 1 saturated heterocycles. The Bertz CT molecular complexity index is 649. The van der Waals surface area contributed by atoms with E-state index in [-0.39, 0.29) is 28.4 Å². The zero-order valence-electron chi connectivity index (χ0n) is 10.6. The van der Waals surface area contributed by atoms with E-state index in [0.29, 0.717) is 0 Å². The molecular weight excluding hydrogens is 353 g/mol. The number of nitrogens with zero attached hydrogens (tertiary/aromatic N) is 1. The fourth-order valence-electron chi connectivity index (χ4n) is 2.26. The van der Waals surface area contributed by atoms with Crippen molar-refractivity contribution >= 4 is 31.9 Å². The van der Waals surface area contributed by atoms with E-state index in [4.69, 9.17) is 5.11 Å². The molecule has 2 atom stereocenters. The van der Waals surface area contributed by atoms with Gasteiger partial charge in [0.25, 0.3) is 0 Å². The summed E-state index contributed by atoms with van der Waals surface area (Å²) in [4.78, 5) is 11.0. The topological polar surface area (TPSA) is 74.7 Å². The van der Waals surface area contributed by atoms with Gasteiger partial charge in [-0.3, -0.25) is 4.79 Å². The summed E-state index contributed by atoms with van der Waals surface area (Å²) in [6, 6.07) is 3.31. The molecule has 8 heteroatoms. The predicted molar refractivity (Wildman–Crippen MR) is 73.1 cm³/mol. The molecule has 110 valence electrons. The van der Waals surface area contributed by atoms with E-state index in [1.165, 1.54) is 6.07 Å². The molecule has 1 aliphatic heterocycles. The van der Waals surface area contributed by atoms with Crippen molar-refractivity contribution in [2.75, 3.05) is 13.1 Å². The van der Waals surface area contributed by atoms with Gasteiger partial charge in [0.2, 0.25) is 10.0 Å². The van der Waals surface area contributed by atoms with Crippen LogP contribution in [0.3, 0.4) is 0 Å². The molecule has 0 bridgehead atoms. The molecule has 0 aromatic heterocycles. The Kier molecular flexibility index (Phi) is 4.17. The van der Waals surface area contributed by atoms with Crippen molar-refractivity contribution in [3.05, 3.63) is 28.5 Å². The number of carboxylic acid groups (broad SMARTS) is 1. The maximum Gasteiger partial charge on any atom is 0.308 e. The normalized spacial score (nSPS) is 23.9. The minimum atomic E-state index is -3.83. The van der Waals surface area contributed by atoms with Crippen LogP contribution in [0.4, 0.5) is 4.39 Å². The van der Waals surface area contributed by atoms with Crippen molar-refractivity contribution < 1.29 is 22.7 Å². The first kappa shape index (κ1) is 15.4. The second-order valence-corrected chi connectivity index (χ2v) is 7.58. The molecule has 20 heavy (non-hydrogen) atoms. The second-order valence-electron chi connectivity index (χ2n) is 4.82. The number of carboxylic acids is 1. The summed E-state index contributed by atoms with van der Waals surface area (Å²) in [5.41, 5.74) is 0. The lowest BCUT2D eigenvalue weighted by atomic mass is 9.99. The molecule has 1 N–H and O–H groups in total. The molecular formula is C12H13BrFNO4S. The molecule has 2 rings (SSSR count). The Hall–Kier alpha value is -0.990. The van der Waals surface area contributed by atoms with Crippen molar-refractivity contribution in [2.24, 2.45) is 11.8 Å². The van der Waals surface area contributed by atoms with Crippen LogP contribution in [0.5, 0.6) is 0 Å². The number of hydrogen-bond acceptors (Lipinski definition) is 3. The van der Waals surface area contributed by atoms with E-state index in [1.807, 2.05) is 0 Å². The highest BCUT2D eigenvalue weighted by Crippen LogP contribution is 2.31. The summed E-state index contributed by atoms with van der Waals surface area (Å²) in [7, 11) is -3.83. The number of halogens is 2. The second kappa shape index (κ2) is 5.42. The number of sulfonamides is 1. The van der Waals surface area contributed by atoms with Crippen molar-refractivity contribution in [3.63, 3.8) is 0 Å². The largest absolute Gasteiger partial charge is 0.481 e. The highest BCUT2D eigenvalue weighted by atomic mass is 79.9. The van der Waals surface area contributed by atoms with E-state index in [0.717, 1.165) is 16.4 Å². The summed E-state index contributed by atoms with van der Waals surface area (Å²) < 4.78 is 39.2. The smallest absolute Gasteiger partial charge is 0.308 e. The van der Waals surface area contributed by atoms with Crippen molar-refractivity contribution in [1.29, 1.82) is 0 Å². The van der Waals surface area contributed by atoms with Crippen LogP contribution in [0.15, 0.2) is 27.6 Å². The lowest BCUT2D eigenvalue weighted by Gasteiger charge is -2.17. The van der Waals surface area contributed by atoms with Gasteiger partial charge in [0.1, 0.15) is 5.82 Å². The van der Waals surface area contributed by atoms with Crippen molar-refractivity contribution in [3.8, 4) is 0 Å². The van der Waals surface area contributed by atoms with E-state index in [1.54, 1.807) is 6.92 Å². The first-order chi connectivity index (χ1) is 9.23. The maximum atomic E-state index is 13.0. The molecule has 1 heterocycles. The van der Waals surface area contributed by atoms with Crippen LogP contribution in [0.1, 0.15) is 6.92 Å². The third kappa shape index (κ3) is 2.72. The Balaban J connectivity index is 2.35. The van der Waals surface area contributed by atoms with Crippen LogP contribution >= 0.6 is 15.9 Å². The Morgan fingerprint density at radius 3 is 2.60 bits per heavy atom. The molecule has 5 nitrogen and oxygen atoms in total. The minimum Gasteiger partial charge on any atom is -0.481 e. The average Bonchev–Trinajstić information content (AvgIpc) is 2.71. The maximum absolute atomic E-state index is 13.0. The summed E-state index contributed by atoms with van der Waals surface area (Å²) in [6.45, 7) is 1.78. The SMILES string of the molecule is C[C@@H]1CN(S(=O)(=O)c2ccc(F)cc2Br)C[C@H]1C(=O)O. The van der Waals surface area contributed by atoms with Gasteiger partial charge in [0.15, 0.2) is 0 Å². The fourth-order valence-corrected chi connectivity index (χ4v) is 4.84. The zero-order valence-corrected chi connectivity index (χ0v) is 13.0. The molecule has 0 aliphatic carbocycles. The van der Waals surface area contributed by atoms with Crippen LogP contribution in [0.2, 0.25) is 0 Å². The van der Waals surface area contributed by atoms with E-state index < -0.39 is 27.7 Å². The minimum absolute atomic E-state index is 0.0582. The van der Waals surface area contributed by atoms with Gasteiger partial charge in [-0.05, 0) is 40.0 Å². The summed E-state index contributed by atoms with van der Waals surface area (Å²) in [6.07, 6.45) is 0. The van der Waals surface area contributed by atoms with Crippen LogP contribution in [0, 0.1) is 17.7 Å². The molecule has 1 fully saturated rings. The fraction of sp³-hybridized carbons (Fsp3) is 0.417. The number of hydrogen-bond donors (Lipinski definition) is 1. The Labute approximate surface area is 124 Å². The van der Waals surface area contributed by atoms with Crippen LogP contribution in [-0.4, -0.2) is 36.9 Å². The predicted octanol–water partition coefficient (Wildman–Crippen LogP) is 1.93. The summed E-state index contributed by atoms with van der Waals surface area (Å²) in [5.74, 6) is -2.53. The molecule has 1 aromatic carbocycles. The molecule has 0 amide bonds. The van der Waals surface area contributed by atoms with Crippen LogP contribution in [0.25, 0.3) is 0 Å². The average molecular weight is 366 g/mol. The monoisotopic (exact) mass is 365 g/mol. The first-order valence-corrected chi connectivity index (χ1v) is 8.15. The van der Waals surface area contributed by atoms with Gasteiger partial charge in [-0.25, -0.2) is 12.8 Å². The highest BCUT2D eigenvalue weighted by Gasteiger charge is 2.41. The number of aliphatic carboxylic acids is 1. The lowest BCUT2D eigenvalue weighted by Crippen LogP contribution is -2.30. The van der Waals surface area contributed by atoms with Gasteiger partial charge in [-0.1, -0.05) is 6.92 Å². The molecule has 0 spiro atoms. The Morgan fingerprint density at radius 1 is 1.45 bits per heavy atom. The third-order valence-corrected chi connectivity index (χ3v) is 6.22. The first-order valence-electron chi connectivity index (χ1n) is 5.91. The summed E-state index contributed by atoms with van der Waals surface area (Å²) in [5, 5.41) is 9.05. The standard InChI is InChI=1S/C12H13BrFNO4S/c1-7-5-15(6-9(7)12(16)17)20(18,19)11-3-2-8(14)4-10(11)13/h2-4,7,9H,5-6H2,1H3,(H,16,17)/t7-,9-/m1/s1. The van der Waals surface area contributed by atoms with E-state index in [9.17, 15) is 17.6 Å². The Morgan fingerprint density at radius 2 is 2.10 bits per heavy atom. The lowest BCUT2D eigenvalue weighted by molar-refractivity contribution is -0.142. The summed E-state index contributed by atoms with van der Waals surface area (Å²) >= 11 is 3.03. The van der Waals surface area contributed by atoms with E-state index >= 15 is 0 Å². The van der Waals surface area contributed by atoms with Crippen molar-refractivity contribution in [2.45, 2.75) is 11.8 Å². The van der Waals surface area contributed by atoms with Gasteiger partial charge < -0.3 is 5.11 Å². The van der Waals surface area contributed by atoms with E-state index in [2.05, 4.69) is 15.9 Å². The molecule has 1 aromatic rings. The van der Waals surface area contributed by atoms with Gasteiger partial charge >= 0.3 is 5.97 Å².